The SMILES string of the molecule is COC1=C2CC(C)C[C@H](OC)[C@H]3OC(O)C(=CC3C)[C@H](OC(N)=O)[C@@H](OC)/C=C\C=C(/C)C(=O)NC(=CC1=O)C2=O. The quantitative estimate of drug-likeness (QED) is 0.332. The van der Waals surface area contributed by atoms with Crippen LogP contribution in [0.25, 0.3) is 0 Å². The van der Waals surface area contributed by atoms with Crippen molar-refractivity contribution in [2.45, 2.75) is 64.3 Å². The molecule has 0 aromatic rings. The Morgan fingerprint density at radius 2 is 1.85 bits per heavy atom. The Morgan fingerprint density at radius 3 is 2.46 bits per heavy atom. The second-order valence-corrected chi connectivity index (χ2v) is 10.3. The number of aliphatic hydroxyl groups is 1. The molecule has 224 valence electrons. The van der Waals surface area contributed by atoms with E-state index in [2.05, 4.69) is 5.32 Å². The third-order valence-corrected chi connectivity index (χ3v) is 7.29. The van der Waals surface area contributed by atoms with E-state index in [1.54, 1.807) is 6.08 Å². The standard InChI is InChI=1S/C29H38N2O10/c1-14-10-17-23(33)19(13-20(32)25(17)39-6)31-27(34)15(2)8-7-9-21(37-4)26(41-29(30)36)18-12-16(3)24(40-28(18)35)22(11-14)38-5/h7-9,12-14,16,21-22,24,26,28,35H,10-11H2,1-6H3,(H2,30,36)(H,31,34)/b9-7-,15-8+/t14?,16?,21-,22-,24-,26-,28?/m0/s1. The van der Waals surface area contributed by atoms with Crippen LogP contribution in [0.2, 0.25) is 0 Å². The number of rotatable bonds is 4. The molecule has 0 spiro atoms. The summed E-state index contributed by atoms with van der Waals surface area (Å²) in [6, 6.07) is 0. The lowest BCUT2D eigenvalue weighted by Crippen LogP contribution is -2.47. The number of ether oxygens (including phenoxy) is 5. The van der Waals surface area contributed by atoms with Gasteiger partial charge < -0.3 is 39.8 Å². The molecule has 4 rings (SSSR count). The van der Waals surface area contributed by atoms with Crippen molar-refractivity contribution in [2.24, 2.45) is 17.6 Å². The molecule has 0 fully saturated rings. The Morgan fingerprint density at radius 1 is 1.15 bits per heavy atom. The number of ketones is 2. The third-order valence-electron chi connectivity index (χ3n) is 7.29. The zero-order chi connectivity index (χ0) is 30.4. The molecule has 3 heterocycles. The fourth-order valence-corrected chi connectivity index (χ4v) is 5.22. The molecule has 0 saturated heterocycles. The van der Waals surface area contributed by atoms with Gasteiger partial charge in [0.25, 0.3) is 5.91 Å². The van der Waals surface area contributed by atoms with Crippen molar-refractivity contribution in [3.63, 3.8) is 0 Å². The van der Waals surface area contributed by atoms with Gasteiger partial charge in [-0.25, -0.2) is 4.79 Å². The number of fused-ring (bicyclic) bond motifs is 10. The minimum atomic E-state index is -1.47. The molecule has 0 saturated carbocycles. The Balaban J connectivity index is 2.10. The highest BCUT2D eigenvalue weighted by Gasteiger charge is 2.41. The molecule has 0 radical (unpaired) electrons. The number of hydrogen-bond acceptors (Lipinski definition) is 10. The van der Waals surface area contributed by atoms with Gasteiger partial charge in [0.1, 0.15) is 6.10 Å². The van der Waals surface area contributed by atoms with Gasteiger partial charge in [0.15, 0.2) is 18.2 Å². The number of amides is 2. The summed E-state index contributed by atoms with van der Waals surface area (Å²) >= 11 is 0. The van der Waals surface area contributed by atoms with E-state index in [0.29, 0.717) is 6.42 Å². The lowest BCUT2D eigenvalue weighted by molar-refractivity contribution is -0.182. The number of primary amides is 1. The number of aliphatic hydroxyl groups excluding tert-OH is 1. The molecule has 12 nitrogen and oxygen atoms in total. The average molecular weight is 575 g/mol. The largest absolute Gasteiger partial charge is 0.492 e. The van der Waals surface area contributed by atoms with Crippen LogP contribution in [0, 0.1) is 11.8 Å². The van der Waals surface area contributed by atoms with Crippen molar-refractivity contribution >= 4 is 23.6 Å². The van der Waals surface area contributed by atoms with E-state index >= 15 is 0 Å². The summed E-state index contributed by atoms with van der Waals surface area (Å²) < 4.78 is 27.9. The Bertz CT molecular complexity index is 1210. The summed E-state index contributed by atoms with van der Waals surface area (Å²) in [6.45, 7) is 5.27. The summed E-state index contributed by atoms with van der Waals surface area (Å²) in [4.78, 5) is 50.9. The average Bonchev–Trinajstić information content (AvgIpc) is 2.92. The molecule has 1 aliphatic carbocycles. The zero-order valence-electron chi connectivity index (χ0n) is 24.0. The molecule has 0 aromatic heterocycles. The van der Waals surface area contributed by atoms with Crippen LogP contribution in [0.15, 0.2) is 58.6 Å². The van der Waals surface area contributed by atoms with Crippen molar-refractivity contribution in [3.8, 4) is 0 Å². The van der Waals surface area contributed by atoms with Crippen LogP contribution in [0.3, 0.4) is 0 Å². The molecule has 3 aliphatic heterocycles. The second kappa shape index (κ2) is 13.9. The van der Waals surface area contributed by atoms with Crippen LogP contribution in [0.1, 0.15) is 33.6 Å². The Hall–Kier alpha value is -3.58. The normalized spacial score (nSPS) is 33.8. The number of nitrogens with one attached hydrogen (secondary N) is 1. The highest BCUT2D eigenvalue weighted by molar-refractivity contribution is 6.23. The molecule has 4 aliphatic rings. The number of carbonyl (C=O) groups excluding carboxylic acids is 4. The van der Waals surface area contributed by atoms with Gasteiger partial charge >= 0.3 is 6.09 Å². The van der Waals surface area contributed by atoms with Crippen LogP contribution in [-0.2, 0) is 38.1 Å². The molecule has 12 heteroatoms. The minimum absolute atomic E-state index is 0.0775. The zero-order valence-corrected chi connectivity index (χ0v) is 24.0. The maximum Gasteiger partial charge on any atom is 0.405 e. The molecule has 2 amide bonds. The highest BCUT2D eigenvalue weighted by atomic mass is 16.6. The Labute approximate surface area is 238 Å². The van der Waals surface area contributed by atoms with Gasteiger partial charge in [-0.15, -0.1) is 0 Å². The predicted molar refractivity (Wildman–Crippen MR) is 146 cm³/mol. The Kier molecular flexibility index (Phi) is 10.8. The number of methoxy groups -OCH3 is 3. The number of allylic oxidation sites excluding steroid dienone is 4. The highest BCUT2D eigenvalue weighted by Crippen LogP contribution is 2.34. The van der Waals surface area contributed by atoms with Crippen molar-refractivity contribution < 1.29 is 48.0 Å². The fourth-order valence-electron chi connectivity index (χ4n) is 5.22. The predicted octanol–water partition coefficient (Wildman–Crippen LogP) is 1.74. The van der Waals surface area contributed by atoms with E-state index in [-0.39, 0.29) is 46.4 Å². The van der Waals surface area contributed by atoms with E-state index in [1.807, 2.05) is 13.8 Å². The number of Topliss-reactive ketones (excluding diaryl/α,β-unsaturated/α-hetero) is 1. The molecule has 4 N–H and O–H groups in total. The first-order valence-corrected chi connectivity index (χ1v) is 13.2. The summed E-state index contributed by atoms with van der Waals surface area (Å²) in [5.41, 5.74) is 5.77. The van der Waals surface area contributed by atoms with E-state index in [0.717, 1.165) is 6.08 Å². The van der Waals surface area contributed by atoms with Gasteiger partial charge in [-0.3, -0.25) is 14.4 Å². The van der Waals surface area contributed by atoms with E-state index < -0.39 is 54.3 Å². The third kappa shape index (κ3) is 7.39. The monoisotopic (exact) mass is 574 g/mol. The van der Waals surface area contributed by atoms with E-state index in [1.165, 1.54) is 46.5 Å². The van der Waals surface area contributed by atoms with Gasteiger partial charge in [-0.05, 0) is 25.7 Å². The maximum atomic E-state index is 13.4. The number of carbonyl (C=O) groups is 4. The fraction of sp³-hybridized carbons (Fsp3) is 0.517. The van der Waals surface area contributed by atoms with Crippen LogP contribution in [0.4, 0.5) is 4.79 Å². The summed E-state index contributed by atoms with van der Waals surface area (Å²) in [5.74, 6) is -2.25. The summed E-state index contributed by atoms with van der Waals surface area (Å²) in [7, 11) is 4.21. The number of hydrogen-bond donors (Lipinski definition) is 3. The maximum absolute atomic E-state index is 13.4. The first-order chi connectivity index (χ1) is 19.4. The van der Waals surface area contributed by atoms with Crippen LogP contribution < -0.4 is 11.1 Å². The number of nitrogens with two attached hydrogens (primary N) is 1. The van der Waals surface area contributed by atoms with Gasteiger partial charge in [0.05, 0.1) is 25.0 Å². The van der Waals surface area contributed by atoms with E-state index in [4.69, 9.17) is 29.4 Å². The smallest absolute Gasteiger partial charge is 0.405 e. The van der Waals surface area contributed by atoms with Crippen molar-refractivity contribution in [3.05, 3.63) is 58.6 Å². The van der Waals surface area contributed by atoms with Crippen LogP contribution >= 0.6 is 0 Å². The topological polar surface area (TPSA) is 173 Å². The van der Waals surface area contributed by atoms with Gasteiger partial charge in [-0.2, -0.15) is 0 Å². The van der Waals surface area contributed by atoms with Crippen LogP contribution in [-0.4, -0.2) is 80.7 Å². The van der Waals surface area contributed by atoms with Gasteiger partial charge in [0, 0.05) is 42.9 Å². The van der Waals surface area contributed by atoms with E-state index in [9.17, 15) is 24.3 Å². The lowest BCUT2D eigenvalue weighted by atomic mass is 9.84. The van der Waals surface area contributed by atoms with Gasteiger partial charge in [0.2, 0.25) is 11.6 Å². The molecule has 7 atom stereocenters. The first-order valence-electron chi connectivity index (χ1n) is 13.2. The first kappa shape index (κ1) is 31.9. The second-order valence-electron chi connectivity index (χ2n) is 10.3. The summed E-state index contributed by atoms with van der Waals surface area (Å²) in [5, 5.41) is 13.5. The van der Waals surface area contributed by atoms with Crippen molar-refractivity contribution in [2.75, 3.05) is 21.3 Å². The minimum Gasteiger partial charge on any atom is -0.492 e. The van der Waals surface area contributed by atoms with Crippen molar-refractivity contribution in [1.82, 2.24) is 5.32 Å². The van der Waals surface area contributed by atoms with Gasteiger partial charge in [-0.1, -0.05) is 38.2 Å². The molecular weight excluding hydrogens is 536 g/mol. The summed E-state index contributed by atoms with van der Waals surface area (Å²) in [6.07, 6.45) is 2.07. The lowest BCUT2D eigenvalue weighted by Gasteiger charge is -2.39. The molecule has 3 unspecified atom stereocenters. The van der Waals surface area contributed by atoms with Crippen LogP contribution in [0.5, 0.6) is 0 Å². The molecule has 41 heavy (non-hydrogen) atoms. The molecular formula is C29H38N2O10. The molecule has 0 aromatic carbocycles. The molecule has 4 bridgehead atoms. The van der Waals surface area contributed by atoms with Crippen molar-refractivity contribution in [1.29, 1.82) is 0 Å².